The molecule has 5 heteroatoms. The first-order chi connectivity index (χ1) is 9.60. The van der Waals surface area contributed by atoms with E-state index in [1.807, 2.05) is 32.1 Å². The Balaban J connectivity index is 2.65. The van der Waals surface area contributed by atoms with E-state index in [0.29, 0.717) is 12.8 Å². The molecule has 5 nitrogen and oxygen atoms in total. The number of rotatable bonds is 5. The summed E-state index contributed by atoms with van der Waals surface area (Å²) >= 11 is 0. The first-order valence-electron chi connectivity index (χ1n) is 7.17. The number of allylic oxidation sites excluding steroid dienone is 3. The molecule has 0 aromatic carbocycles. The minimum absolute atomic E-state index is 0.233. The van der Waals surface area contributed by atoms with Crippen molar-refractivity contribution >= 4 is 11.9 Å². The lowest BCUT2D eigenvalue weighted by atomic mass is 9.87. The van der Waals surface area contributed by atoms with Gasteiger partial charge in [-0.25, -0.2) is 0 Å². The summed E-state index contributed by atoms with van der Waals surface area (Å²) in [5.74, 6) is -2.13. The van der Waals surface area contributed by atoms with Crippen LogP contribution in [0.1, 0.15) is 46.0 Å². The number of hydrogen-bond donors (Lipinski definition) is 3. The van der Waals surface area contributed by atoms with E-state index in [4.69, 9.17) is 0 Å². The van der Waals surface area contributed by atoms with Crippen molar-refractivity contribution in [3.05, 3.63) is 23.9 Å². The molecule has 1 aliphatic rings. The van der Waals surface area contributed by atoms with Crippen LogP contribution in [-0.2, 0) is 9.59 Å². The van der Waals surface area contributed by atoms with Crippen LogP contribution in [0, 0.1) is 11.8 Å². The van der Waals surface area contributed by atoms with E-state index < -0.39 is 17.8 Å². The largest absolute Gasteiger partial charge is 0.481 e. The molecule has 20 heavy (non-hydrogen) atoms. The van der Waals surface area contributed by atoms with Gasteiger partial charge in [0, 0.05) is 5.70 Å². The van der Waals surface area contributed by atoms with Gasteiger partial charge >= 0.3 is 5.97 Å². The molecule has 0 spiro atoms. The second kappa shape index (κ2) is 8.40. The quantitative estimate of drug-likeness (QED) is 0.410. The number of carbonyl (C=O) groups is 2. The van der Waals surface area contributed by atoms with Crippen molar-refractivity contribution in [1.82, 2.24) is 10.9 Å². The van der Waals surface area contributed by atoms with Gasteiger partial charge in [-0.05, 0) is 32.8 Å². The van der Waals surface area contributed by atoms with Crippen LogP contribution in [-0.4, -0.2) is 17.0 Å². The summed E-state index contributed by atoms with van der Waals surface area (Å²) in [6.07, 6.45) is 9.54. The van der Waals surface area contributed by atoms with Crippen molar-refractivity contribution in [3.8, 4) is 0 Å². The van der Waals surface area contributed by atoms with Crippen LogP contribution in [0.5, 0.6) is 0 Å². The first-order valence-corrected chi connectivity index (χ1v) is 7.17. The fourth-order valence-corrected chi connectivity index (χ4v) is 2.53. The van der Waals surface area contributed by atoms with Gasteiger partial charge in [0.15, 0.2) is 0 Å². The van der Waals surface area contributed by atoms with E-state index >= 15 is 0 Å². The number of amides is 1. The predicted molar refractivity (Wildman–Crippen MR) is 77.6 cm³/mol. The molecule has 0 heterocycles. The molecule has 1 amide bonds. The molecule has 0 aliphatic heterocycles. The maximum Gasteiger partial charge on any atom is 0.307 e. The Morgan fingerprint density at radius 2 is 1.70 bits per heavy atom. The average molecular weight is 280 g/mol. The normalized spacial score (nSPS) is 24.2. The number of nitrogens with one attached hydrogen (secondary N) is 2. The summed E-state index contributed by atoms with van der Waals surface area (Å²) in [6.45, 7) is 3.75. The zero-order valence-electron chi connectivity index (χ0n) is 12.2. The summed E-state index contributed by atoms with van der Waals surface area (Å²) in [4.78, 5) is 23.5. The van der Waals surface area contributed by atoms with E-state index in [1.165, 1.54) is 0 Å². The average Bonchev–Trinajstić information content (AvgIpc) is 2.68. The third-order valence-electron chi connectivity index (χ3n) is 3.66. The zero-order chi connectivity index (χ0) is 15.0. The fourth-order valence-electron chi connectivity index (χ4n) is 2.53. The summed E-state index contributed by atoms with van der Waals surface area (Å²) in [5, 5.41) is 9.27. The molecule has 0 saturated heterocycles. The zero-order valence-corrected chi connectivity index (χ0v) is 12.2. The second-order valence-electron chi connectivity index (χ2n) is 5.05. The maximum atomic E-state index is 12.2. The van der Waals surface area contributed by atoms with Crippen LogP contribution >= 0.6 is 0 Å². The van der Waals surface area contributed by atoms with E-state index in [9.17, 15) is 14.7 Å². The lowest BCUT2D eigenvalue weighted by Crippen LogP contribution is -2.43. The van der Waals surface area contributed by atoms with E-state index in [0.717, 1.165) is 25.0 Å². The van der Waals surface area contributed by atoms with E-state index in [1.54, 1.807) is 0 Å². The molecule has 1 aliphatic carbocycles. The van der Waals surface area contributed by atoms with Crippen LogP contribution < -0.4 is 10.9 Å². The minimum atomic E-state index is -0.869. The van der Waals surface area contributed by atoms with Gasteiger partial charge in [-0.1, -0.05) is 31.4 Å². The van der Waals surface area contributed by atoms with E-state index in [-0.39, 0.29) is 5.91 Å². The molecule has 2 atom stereocenters. The smallest absolute Gasteiger partial charge is 0.307 e. The number of carbonyl (C=O) groups excluding carboxylic acids is 1. The Kier molecular flexibility index (Phi) is 6.84. The molecule has 0 aromatic rings. The van der Waals surface area contributed by atoms with Gasteiger partial charge in [0.05, 0.1) is 11.8 Å². The Morgan fingerprint density at radius 1 is 1.05 bits per heavy atom. The molecule has 0 bridgehead atoms. The molecule has 1 saturated carbocycles. The molecular weight excluding hydrogens is 256 g/mol. The third kappa shape index (κ3) is 4.72. The molecule has 3 N–H and O–H groups in total. The summed E-state index contributed by atoms with van der Waals surface area (Å²) in [5.41, 5.74) is 6.24. The van der Waals surface area contributed by atoms with Crippen molar-refractivity contribution in [1.29, 1.82) is 0 Å². The Hall–Kier alpha value is -1.78. The summed E-state index contributed by atoms with van der Waals surface area (Å²) in [6, 6.07) is 0. The second-order valence-corrected chi connectivity index (χ2v) is 5.05. The summed E-state index contributed by atoms with van der Waals surface area (Å²) < 4.78 is 0. The lowest BCUT2D eigenvalue weighted by Gasteiger charge is -2.21. The van der Waals surface area contributed by atoms with Gasteiger partial charge in [-0.3, -0.25) is 20.4 Å². The number of hydrazine groups is 1. The topological polar surface area (TPSA) is 78.4 Å². The van der Waals surface area contributed by atoms with Gasteiger partial charge in [-0.2, -0.15) is 0 Å². The Bertz CT molecular complexity index is 402. The molecule has 1 fully saturated rings. The first kappa shape index (κ1) is 16.3. The number of carboxylic acid groups (broad SMARTS) is 1. The van der Waals surface area contributed by atoms with Crippen molar-refractivity contribution in [2.24, 2.45) is 11.8 Å². The number of aliphatic carboxylic acids is 1. The minimum Gasteiger partial charge on any atom is -0.481 e. The van der Waals surface area contributed by atoms with Crippen molar-refractivity contribution in [2.75, 3.05) is 0 Å². The van der Waals surface area contributed by atoms with Gasteiger partial charge in [0.1, 0.15) is 0 Å². The Labute approximate surface area is 120 Å². The lowest BCUT2D eigenvalue weighted by molar-refractivity contribution is -0.147. The highest BCUT2D eigenvalue weighted by Crippen LogP contribution is 2.29. The Morgan fingerprint density at radius 3 is 2.25 bits per heavy atom. The van der Waals surface area contributed by atoms with Crippen molar-refractivity contribution in [3.63, 3.8) is 0 Å². The molecule has 2 unspecified atom stereocenters. The molecule has 1 rings (SSSR count). The fraction of sp³-hybridized carbons (Fsp3) is 0.600. The van der Waals surface area contributed by atoms with Crippen LogP contribution in [0.3, 0.4) is 0 Å². The van der Waals surface area contributed by atoms with Crippen LogP contribution in [0.4, 0.5) is 0 Å². The number of hydrogen-bond acceptors (Lipinski definition) is 3. The predicted octanol–water partition coefficient (Wildman–Crippen LogP) is 2.37. The summed E-state index contributed by atoms with van der Waals surface area (Å²) in [7, 11) is 0. The molecule has 0 radical (unpaired) electrons. The monoisotopic (exact) mass is 280 g/mol. The molecule has 112 valence electrons. The van der Waals surface area contributed by atoms with Gasteiger partial charge < -0.3 is 5.11 Å². The van der Waals surface area contributed by atoms with Crippen LogP contribution in [0.2, 0.25) is 0 Å². The maximum absolute atomic E-state index is 12.2. The van der Waals surface area contributed by atoms with Crippen molar-refractivity contribution in [2.45, 2.75) is 46.0 Å². The van der Waals surface area contributed by atoms with Crippen LogP contribution in [0.15, 0.2) is 23.9 Å². The molecular formula is C15H24N2O3. The third-order valence-corrected chi connectivity index (χ3v) is 3.66. The highest BCUT2D eigenvalue weighted by atomic mass is 16.4. The SMILES string of the molecule is C/C=C\C(=C/C)NNC(=O)C1CCCCCC1C(=O)O. The number of carboxylic acids is 1. The van der Waals surface area contributed by atoms with Gasteiger partial charge in [-0.15, -0.1) is 0 Å². The standard InChI is InChI=1S/C15H24N2O3/c1-3-8-11(4-2)16-17-14(18)12-9-6-5-7-10-13(12)15(19)20/h3-4,8,12-13,16H,5-7,9-10H2,1-2H3,(H,17,18)(H,19,20)/b8-3-,11-4+. The van der Waals surface area contributed by atoms with Crippen LogP contribution in [0.25, 0.3) is 0 Å². The highest BCUT2D eigenvalue weighted by Gasteiger charge is 2.34. The molecule has 0 aromatic heterocycles. The van der Waals surface area contributed by atoms with Gasteiger partial charge in [0.2, 0.25) is 5.91 Å². The van der Waals surface area contributed by atoms with Crippen molar-refractivity contribution < 1.29 is 14.7 Å². The van der Waals surface area contributed by atoms with E-state index in [2.05, 4.69) is 10.9 Å². The highest BCUT2D eigenvalue weighted by molar-refractivity contribution is 5.84. The van der Waals surface area contributed by atoms with Gasteiger partial charge in [0.25, 0.3) is 0 Å².